The van der Waals surface area contributed by atoms with Gasteiger partial charge in [-0.1, -0.05) is 25.4 Å². The molecular weight excluding hydrogens is 290 g/mol. The third-order valence-corrected chi connectivity index (χ3v) is 3.71. The molecule has 1 aromatic carbocycles. The minimum Gasteiger partial charge on any atom is -0.489 e. The highest BCUT2D eigenvalue weighted by atomic mass is 35.5. The Morgan fingerprint density at radius 3 is 2.76 bits per heavy atom. The molecule has 0 saturated carbocycles. The van der Waals surface area contributed by atoms with Gasteiger partial charge in [0.2, 0.25) is 0 Å². The molecule has 2 rings (SSSR count). The largest absolute Gasteiger partial charge is 0.489 e. The van der Waals surface area contributed by atoms with Crippen molar-refractivity contribution in [3.05, 3.63) is 22.7 Å². The van der Waals surface area contributed by atoms with Crippen LogP contribution in [0.5, 0.6) is 11.5 Å². The molecule has 0 spiro atoms. The van der Waals surface area contributed by atoms with Gasteiger partial charge in [0.05, 0.1) is 24.8 Å². The van der Waals surface area contributed by atoms with E-state index in [1.54, 1.807) is 0 Å². The molecule has 0 aliphatic carbocycles. The fraction of sp³-hybridized carbons (Fsp3) is 0.625. The Labute approximate surface area is 131 Å². The molecule has 4 nitrogen and oxygen atoms in total. The van der Waals surface area contributed by atoms with Crippen molar-refractivity contribution in [3.8, 4) is 11.5 Å². The maximum atomic E-state index is 9.40. The van der Waals surface area contributed by atoms with Crippen LogP contribution in [0, 0.1) is 5.92 Å². The molecule has 1 atom stereocenters. The van der Waals surface area contributed by atoms with Gasteiger partial charge in [-0.05, 0) is 30.0 Å². The van der Waals surface area contributed by atoms with E-state index >= 15 is 0 Å². The quantitative estimate of drug-likeness (QED) is 0.847. The number of fused-ring (bicyclic) bond motifs is 1. The van der Waals surface area contributed by atoms with Crippen LogP contribution in [-0.2, 0) is 6.54 Å². The third kappa shape index (κ3) is 4.77. The highest BCUT2D eigenvalue weighted by Gasteiger charge is 2.16. The molecule has 2 N–H and O–H groups in total. The Morgan fingerprint density at radius 2 is 2.05 bits per heavy atom. The van der Waals surface area contributed by atoms with Gasteiger partial charge in [0.1, 0.15) is 0 Å². The van der Waals surface area contributed by atoms with E-state index in [9.17, 15) is 5.11 Å². The molecule has 1 aromatic rings. The van der Waals surface area contributed by atoms with E-state index in [0.717, 1.165) is 18.4 Å². The highest BCUT2D eigenvalue weighted by Crippen LogP contribution is 2.37. The van der Waals surface area contributed by atoms with Gasteiger partial charge in [-0.15, -0.1) is 0 Å². The lowest BCUT2D eigenvalue weighted by atomic mass is 10.0. The standard InChI is InChI=1S/C16H24ClNO3/c1-11(2)6-13(10-19)18-9-12-7-14(17)16-15(8-12)20-4-3-5-21-16/h7-8,11,13,18-19H,3-6,9-10H2,1-2H3. The maximum absolute atomic E-state index is 9.40. The minimum atomic E-state index is 0.0970. The number of rotatable bonds is 6. The third-order valence-electron chi connectivity index (χ3n) is 3.43. The number of hydrogen-bond donors (Lipinski definition) is 2. The van der Waals surface area contributed by atoms with Gasteiger partial charge >= 0.3 is 0 Å². The van der Waals surface area contributed by atoms with Gasteiger partial charge in [0, 0.05) is 19.0 Å². The van der Waals surface area contributed by atoms with E-state index < -0.39 is 0 Å². The molecule has 0 fully saturated rings. The average Bonchev–Trinajstić information content (AvgIpc) is 2.68. The molecule has 0 amide bonds. The maximum Gasteiger partial charge on any atom is 0.179 e. The first-order valence-electron chi connectivity index (χ1n) is 7.52. The van der Waals surface area contributed by atoms with Crippen LogP contribution in [0.25, 0.3) is 0 Å². The molecule has 0 radical (unpaired) electrons. The number of hydrogen-bond acceptors (Lipinski definition) is 4. The Morgan fingerprint density at radius 1 is 1.29 bits per heavy atom. The number of aliphatic hydroxyl groups is 1. The van der Waals surface area contributed by atoms with Crippen LogP contribution in [0.2, 0.25) is 5.02 Å². The smallest absolute Gasteiger partial charge is 0.179 e. The highest BCUT2D eigenvalue weighted by molar-refractivity contribution is 6.32. The summed E-state index contributed by atoms with van der Waals surface area (Å²) >= 11 is 6.27. The summed E-state index contributed by atoms with van der Waals surface area (Å²) in [4.78, 5) is 0. The Kier molecular flexibility index (Phi) is 6.15. The number of benzene rings is 1. The van der Waals surface area contributed by atoms with Crippen molar-refractivity contribution in [2.24, 2.45) is 5.92 Å². The van der Waals surface area contributed by atoms with E-state index in [-0.39, 0.29) is 12.6 Å². The summed E-state index contributed by atoms with van der Waals surface area (Å²) in [7, 11) is 0. The number of halogens is 1. The zero-order valence-corrected chi connectivity index (χ0v) is 13.4. The molecule has 0 aromatic heterocycles. The fourth-order valence-electron chi connectivity index (χ4n) is 2.44. The van der Waals surface area contributed by atoms with Crippen molar-refractivity contribution >= 4 is 11.6 Å². The Hall–Kier alpha value is -0.970. The van der Waals surface area contributed by atoms with Crippen molar-refractivity contribution in [3.63, 3.8) is 0 Å². The van der Waals surface area contributed by atoms with Gasteiger partial charge in [-0.25, -0.2) is 0 Å². The minimum absolute atomic E-state index is 0.0970. The van der Waals surface area contributed by atoms with Gasteiger partial charge in [-0.2, -0.15) is 0 Å². The molecule has 21 heavy (non-hydrogen) atoms. The molecule has 0 bridgehead atoms. The van der Waals surface area contributed by atoms with E-state index in [1.807, 2.05) is 12.1 Å². The first-order chi connectivity index (χ1) is 10.1. The fourth-order valence-corrected chi connectivity index (χ4v) is 2.73. The van der Waals surface area contributed by atoms with Crippen LogP contribution < -0.4 is 14.8 Å². The van der Waals surface area contributed by atoms with Crippen LogP contribution in [-0.4, -0.2) is 31.0 Å². The van der Waals surface area contributed by atoms with Gasteiger partial charge in [-0.3, -0.25) is 0 Å². The number of aliphatic hydroxyl groups excluding tert-OH is 1. The van der Waals surface area contributed by atoms with Crippen molar-refractivity contribution in [2.75, 3.05) is 19.8 Å². The lowest BCUT2D eigenvalue weighted by molar-refractivity contribution is 0.223. The van der Waals surface area contributed by atoms with Crippen molar-refractivity contribution in [2.45, 2.75) is 39.3 Å². The Balaban J connectivity index is 2.03. The summed E-state index contributed by atoms with van der Waals surface area (Å²) < 4.78 is 11.3. The van der Waals surface area contributed by atoms with Crippen molar-refractivity contribution < 1.29 is 14.6 Å². The summed E-state index contributed by atoms with van der Waals surface area (Å²) in [5.41, 5.74) is 1.03. The predicted molar refractivity (Wildman–Crippen MR) is 84.2 cm³/mol. The van der Waals surface area contributed by atoms with Crippen LogP contribution in [0.1, 0.15) is 32.3 Å². The lowest BCUT2D eigenvalue weighted by Crippen LogP contribution is -2.33. The van der Waals surface area contributed by atoms with Crippen LogP contribution in [0.4, 0.5) is 0 Å². The molecule has 118 valence electrons. The predicted octanol–water partition coefficient (Wildman–Crippen LogP) is 3.00. The molecule has 1 aliphatic rings. The van der Waals surface area contributed by atoms with Crippen molar-refractivity contribution in [1.82, 2.24) is 5.32 Å². The summed E-state index contributed by atoms with van der Waals surface area (Å²) in [6.45, 7) is 6.35. The monoisotopic (exact) mass is 313 g/mol. The zero-order valence-electron chi connectivity index (χ0n) is 12.7. The average molecular weight is 314 g/mol. The normalized spacial score (nSPS) is 15.9. The van der Waals surface area contributed by atoms with Crippen molar-refractivity contribution in [1.29, 1.82) is 0 Å². The number of nitrogens with one attached hydrogen (secondary N) is 1. The van der Waals surface area contributed by atoms with Crippen LogP contribution in [0.3, 0.4) is 0 Å². The lowest BCUT2D eigenvalue weighted by Gasteiger charge is -2.19. The molecular formula is C16H24ClNO3. The first kappa shape index (κ1) is 16.4. The van der Waals surface area contributed by atoms with E-state index in [0.29, 0.717) is 42.2 Å². The topological polar surface area (TPSA) is 50.7 Å². The van der Waals surface area contributed by atoms with Crippen LogP contribution in [0.15, 0.2) is 12.1 Å². The Bertz CT molecular complexity index is 465. The van der Waals surface area contributed by atoms with E-state index in [2.05, 4.69) is 19.2 Å². The summed E-state index contributed by atoms with van der Waals surface area (Å²) in [5.74, 6) is 1.89. The summed E-state index contributed by atoms with van der Waals surface area (Å²) in [6, 6.07) is 3.95. The van der Waals surface area contributed by atoms with E-state index in [4.69, 9.17) is 21.1 Å². The van der Waals surface area contributed by atoms with Crippen LogP contribution >= 0.6 is 11.6 Å². The molecule has 0 saturated heterocycles. The second-order valence-corrected chi connectivity index (χ2v) is 6.25. The number of ether oxygens (including phenoxy) is 2. The van der Waals surface area contributed by atoms with E-state index in [1.165, 1.54) is 0 Å². The summed E-state index contributed by atoms with van der Waals surface area (Å²) in [6.07, 6.45) is 1.80. The zero-order chi connectivity index (χ0) is 15.2. The molecule has 1 aliphatic heterocycles. The van der Waals surface area contributed by atoms with Gasteiger partial charge in [0.25, 0.3) is 0 Å². The summed E-state index contributed by atoms with van der Waals surface area (Å²) in [5, 5.41) is 13.3. The molecule has 1 unspecified atom stereocenters. The second-order valence-electron chi connectivity index (χ2n) is 5.85. The SMILES string of the molecule is CC(C)CC(CO)NCc1cc(Cl)c2c(c1)OCCCO2. The molecule has 1 heterocycles. The van der Waals surface area contributed by atoms with Gasteiger partial charge < -0.3 is 19.9 Å². The first-order valence-corrected chi connectivity index (χ1v) is 7.90. The second kappa shape index (κ2) is 7.87. The molecule has 5 heteroatoms. The van der Waals surface area contributed by atoms with Gasteiger partial charge in [0.15, 0.2) is 11.5 Å².